The van der Waals surface area contributed by atoms with E-state index in [1.54, 1.807) is 29.7 Å². The number of hydrogen-bond donors (Lipinski definition) is 0. The summed E-state index contributed by atoms with van der Waals surface area (Å²) in [6.07, 6.45) is 0. The molecule has 2 heterocycles. The number of methoxy groups -OCH3 is 1. The first-order valence-electron chi connectivity index (χ1n) is 10.9. The van der Waals surface area contributed by atoms with Crippen LogP contribution in [0.2, 0.25) is 0 Å². The van der Waals surface area contributed by atoms with Crippen molar-refractivity contribution in [3.63, 3.8) is 0 Å². The number of fused-ring (bicyclic) bond motifs is 4. The number of rotatable bonds is 5. The lowest BCUT2D eigenvalue weighted by Gasteiger charge is -2.08. The Morgan fingerprint density at radius 3 is 2.69 bits per heavy atom. The zero-order valence-electron chi connectivity index (χ0n) is 18.9. The summed E-state index contributed by atoms with van der Waals surface area (Å²) >= 11 is 1.20. The Morgan fingerprint density at radius 2 is 1.89 bits per heavy atom. The molecule has 35 heavy (non-hydrogen) atoms. The fraction of sp³-hybridized carbons (Fsp3) is 0.154. The second-order valence-corrected chi connectivity index (χ2v) is 8.65. The number of benzene rings is 3. The van der Waals surface area contributed by atoms with Crippen molar-refractivity contribution in [3.05, 3.63) is 81.4 Å². The molecule has 0 fully saturated rings. The summed E-state index contributed by atoms with van der Waals surface area (Å²) in [4.78, 5) is 42.7. The molecule has 0 saturated carbocycles. The van der Waals surface area contributed by atoms with Crippen LogP contribution in [-0.4, -0.2) is 30.2 Å². The number of para-hydroxylation sites is 1. The number of aromatic nitrogens is 1. The van der Waals surface area contributed by atoms with Crippen LogP contribution in [0.3, 0.4) is 0 Å². The summed E-state index contributed by atoms with van der Waals surface area (Å²) in [5.74, 6) is -0.728. The van der Waals surface area contributed by atoms with Crippen LogP contribution < -0.4 is 15.2 Å². The molecule has 3 aromatic carbocycles. The third-order valence-corrected chi connectivity index (χ3v) is 6.59. The summed E-state index contributed by atoms with van der Waals surface area (Å²) < 4.78 is 18.3. The molecule has 1 amide bonds. The van der Waals surface area contributed by atoms with Crippen LogP contribution in [0, 0.1) is 0 Å². The second kappa shape index (κ2) is 9.19. The van der Waals surface area contributed by atoms with E-state index in [0.717, 1.165) is 15.5 Å². The van der Waals surface area contributed by atoms with E-state index in [0.29, 0.717) is 22.2 Å². The van der Waals surface area contributed by atoms with Crippen molar-refractivity contribution in [1.82, 2.24) is 4.57 Å². The van der Waals surface area contributed by atoms with E-state index in [4.69, 9.17) is 13.9 Å². The van der Waals surface area contributed by atoms with Crippen LogP contribution in [0.25, 0.3) is 32.0 Å². The maximum Gasteiger partial charge on any atom is 0.349 e. The highest BCUT2D eigenvalue weighted by Gasteiger charge is 2.18. The zero-order valence-corrected chi connectivity index (χ0v) is 19.8. The van der Waals surface area contributed by atoms with Gasteiger partial charge in [0.05, 0.1) is 18.4 Å². The first-order valence-corrected chi connectivity index (χ1v) is 11.7. The summed E-state index contributed by atoms with van der Waals surface area (Å²) in [6.45, 7) is 1.76. The predicted octanol–water partition coefficient (Wildman–Crippen LogP) is 4.28. The normalized spacial score (nSPS) is 11.9. The minimum absolute atomic E-state index is 0.169. The molecule has 0 aliphatic carbocycles. The van der Waals surface area contributed by atoms with Gasteiger partial charge in [-0.1, -0.05) is 47.7 Å². The van der Waals surface area contributed by atoms with E-state index >= 15 is 0 Å². The summed E-state index contributed by atoms with van der Waals surface area (Å²) in [5, 5.41) is 2.44. The lowest BCUT2D eigenvalue weighted by Crippen LogP contribution is -2.24. The smallest absolute Gasteiger partial charge is 0.349 e. The van der Waals surface area contributed by atoms with E-state index in [1.807, 2.05) is 36.4 Å². The Hall–Kier alpha value is -4.24. The van der Waals surface area contributed by atoms with Gasteiger partial charge in [0.25, 0.3) is 5.91 Å². The van der Waals surface area contributed by atoms with Crippen molar-refractivity contribution in [3.8, 4) is 5.75 Å². The standard InChI is InChI=1S/C26H20N2O6S/c1-3-33-22(29)14-28-23-20(32-2)9-6-10-21(23)35-26(28)27-24(30)18-13-17-16-8-5-4-7-15(16)11-12-19(17)34-25(18)31/h4-13H,3,14H2,1-2H3. The van der Waals surface area contributed by atoms with Crippen molar-refractivity contribution in [2.24, 2.45) is 4.99 Å². The maximum absolute atomic E-state index is 13.2. The topological polar surface area (TPSA) is 100 Å². The van der Waals surface area contributed by atoms with Crippen molar-refractivity contribution in [2.75, 3.05) is 13.7 Å². The Bertz CT molecular complexity index is 1740. The average molecular weight is 489 g/mol. The van der Waals surface area contributed by atoms with Gasteiger partial charge in [0.2, 0.25) is 0 Å². The number of hydrogen-bond acceptors (Lipinski definition) is 7. The summed E-state index contributed by atoms with van der Waals surface area (Å²) in [5.41, 5.74) is 0.0171. The predicted molar refractivity (Wildman–Crippen MR) is 133 cm³/mol. The monoisotopic (exact) mass is 488 g/mol. The lowest BCUT2D eigenvalue weighted by molar-refractivity contribution is -0.143. The number of ether oxygens (including phenoxy) is 2. The van der Waals surface area contributed by atoms with Crippen LogP contribution in [0.4, 0.5) is 0 Å². The molecule has 0 unspecified atom stereocenters. The molecular formula is C26H20N2O6S. The number of amides is 1. The van der Waals surface area contributed by atoms with Crippen LogP contribution in [0.1, 0.15) is 17.3 Å². The van der Waals surface area contributed by atoms with E-state index in [2.05, 4.69) is 4.99 Å². The van der Waals surface area contributed by atoms with E-state index in [9.17, 15) is 14.4 Å². The van der Waals surface area contributed by atoms with Gasteiger partial charge in [0.1, 0.15) is 29.0 Å². The van der Waals surface area contributed by atoms with Crippen molar-refractivity contribution in [2.45, 2.75) is 13.5 Å². The number of esters is 1. The summed E-state index contributed by atoms with van der Waals surface area (Å²) in [7, 11) is 1.52. The fourth-order valence-corrected chi connectivity index (χ4v) is 5.04. The summed E-state index contributed by atoms with van der Waals surface area (Å²) in [6, 6.07) is 18.1. The van der Waals surface area contributed by atoms with Crippen molar-refractivity contribution < 1.29 is 23.5 Å². The highest BCUT2D eigenvalue weighted by atomic mass is 32.1. The van der Waals surface area contributed by atoms with Crippen LogP contribution >= 0.6 is 11.3 Å². The first-order chi connectivity index (χ1) is 17.0. The molecule has 176 valence electrons. The molecule has 0 aliphatic heterocycles. The number of nitrogens with zero attached hydrogens (tertiary/aromatic N) is 2. The SMILES string of the molecule is CCOC(=O)Cn1c(=NC(=O)c2cc3c(ccc4ccccc43)oc2=O)sc2cccc(OC)c21. The van der Waals surface area contributed by atoms with Crippen LogP contribution in [0.5, 0.6) is 5.75 Å². The minimum atomic E-state index is -0.780. The molecular weight excluding hydrogens is 468 g/mol. The Balaban J connectivity index is 1.70. The van der Waals surface area contributed by atoms with Gasteiger partial charge in [-0.05, 0) is 42.0 Å². The molecule has 0 saturated heterocycles. The number of carbonyl (C=O) groups excluding carboxylic acids is 2. The van der Waals surface area contributed by atoms with E-state index in [-0.39, 0.29) is 23.5 Å². The third-order valence-electron chi connectivity index (χ3n) is 5.55. The van der Waals surface area contributed by atoms with Gasteiger partial charge in [-0.25, -0.2) is 4.79 Å². The Morgan fingerprint density at radius 1 is 1.06 bits per heavy atom. The number of carbonyl (C=O) groups is 2. The second-order valence-electron chi connectivity index (χ2n) is 7.65. The average Bonchev–Trinajstić information content (AvgIpc) is 3.20. The number of thiazole rings is 1. The van der Waals surface area contributed by atoms with Gasteiger partial charge >= 0.3 is 11.6 Å². The molecule has 0 atom stereocenters. The Kier molecular flexibility index (Phi) is 5.92. The third kappa shape index (κ3) is 4.10. The molecule has 8 nitrogen and oxygen atoms in total. The van der Waals surface area contributed by atoms with Gasteiger partial charge in [-0.3, -0.25) is 9.59 Å². The molecule has 0 radical (unpaired) electrons. The highest BCUT2D eigenvalue weighted by Crippen LogP contribution is 2.28. The molecule has 0 spiro atoms. The zero-order chi connectivity index (χ0) is 24.5. The van der Waals surface area contributed by atoms with Crippen molar-refractivity contribution >= 4 is 55.2 Å². The molecule has 5 rings (SSSR count). The van der Waals surface area contributed by atoms with Gasteiger partial charge in [-0.2, -0.15) is 4.99 Å². The molecule has 9 heteroatoms. The molecule has 0 aliphatic rings. The minimum Gasteiger partial charge on any atom is -0.495 e. The molecule has 0 N–H and O–H groups in total. The van der Waals surface area contributed by atoms with Crippen molar-refractivity contribution in [1.29, 1.82) is 0 Å². The lowest BCUT2D eigenvalue weighted by atomic mass is 10.0. The largest absolute Gasteiger partial charge is 0.495 e. The van der Waals surface area contributed by atoms with Gasteiger partial charge in [0, 0.05) is 5.39 Å². The van der Waals surface area contributed by atoms with Crippen LogP contribution in [-0.2, 0) is 16.1 Å². The van der Waals surface area contributed by atoms with Gasteiger partial charge < -0.3 is 18.5 Å². The van der Waals surface area contributed by atoms with Gasteiger partial charge in [-0.15, -0.1) is 0 Å². The maximum atomic E-state index is 13.2. The molecule has 5 aromatic rings. The molecule has 0 bridgehead atoms. The fourth-order valence-electron chi connectivity index (χ4n) is 4.00. The highest BCUT2D eigenvalue weighted by molar-refractivity contribution is 7.16. The van der Waals surface area contributed by atoms with Gasteiger partial charge in [0.15, 0.2) is 4.80 Å². The molecule has 2 aromatic heterocycles. The van der Waals surface area contributed by atoms with E-state index < -0.39 is 17.5 Å². The Labute approximate surface area is 202 Å². The first kappa shape index (κ1) is 22.5. The van der Waals surface area contributed by atoms with E-state index in [1.165, 1.54) is 24.5 Å². The quantitative estimate of drug-likeness (QED) is 0.208. The van der Waals surface area contributed by atoms with Crippen LogP contribution in [0.15, 0.2) is 74.9 Å².